The normalized spacial score (nSPS) is 19.8. The second-order valence-electron chi connectivity index (χ2n) is 6.27. The molecule has 3 nitrogen and oxygen atoms in total. The van der Waals surface area contributed by atoms with Crippen molar-refractivity contribution in [2.24, 2.45) is 5.92 Å². The summed E-state index contributed by atoms with van der Waals surface area (Å²) in [6, 6.07) is 1.05. The summed E-state index contributed by atoms with van der Waals surface area (Å²) in [7, 11) is 2.20. The van der Waals surface area contributed by atoms with Gasteiger partial charge in [0.1, 0.15) is 0 Å². The van der Waals surface area contributed by atoms with Gasteiger partial charge in [-0.25, -0.2) is 0 Å². The zero-order chi connectivity index (χ0) is 13.8. The van der Waals surface area contributed by atoms with E-state index in [1.165, 1.54) is 25.7 Å². The molecular weight excluding hydrogens is 224 g/mol. The van der Waals surface area contributed by atoms with Crippen molar-refractivity contribution >= 4 is 0 Å². The van der Waals surface area contributed by atoms with E-state index in [9.17, 15) is 5.11 Å². The molecule has 0 radical (unpaired) electrons. The Morgan fingerprint density at radius 3 is 2.17 bits per heavy atom. The van der Waals surface area contributed by atoms with Crippen LogP contribution in [0.5, 0.6) is 0 Å². The molecule has 1 atom stereocenters. The third-order valence-corrected chi connectivity index (χ3v) is 4.31. The van der Waals surface area contributed by atoms with Crippen LogP contribution in [0.25, 0.3) is 0 Å². The van der Waals surface area contributed by atoms with E-state index in [1.807, 2.05) is 0 Å². The number of aliphatic hydroxyl groups is 1. The van der Waals surface area contributed by atoms with Gasteiger partial charge >= 0.3 is 0 Å². The Labute approximate surface area is 113 Å². The summed E-state index contributed by atoms with van der Waals surface area (Å²) < 4.78 is 0. The lowest BCUT2D eigenvalue weighted by Gasteiger charge is -2.41. The number of hydrogen-bond donors (Lipinski definition) is 2. The quantitative estimate of drug-likeness (QED) is 0.664. The maximum atomic E-state index is 9.92. The van der Waals surface area contributed by atoms with Crippen molar-refractivity contribution in [1.82, 2.24) is 10.2 Å². The highest BCUT2D eigenvalue weighted by atomic mass is 16.3. The van der Waals surface area contributed by atoms with Crippen LogP contribution in [0, 0.1) is 5.92 Å². The lowest BCUT2D eigenvalue weighted by atomic mass is 9.91. The fourth-order valence-corrected chi connectivity index (χ4v) is 3.21. The molecule has 0 aromatic heterocycles. The minimum Gasteiger partial charge on any atom is -0.394 e. The highest BCUT2D eigenvalue weighted by Gasteiger charge is 2.45. The van der Waals surface area contributed by atoms with Crippen LogP contribution in [0.1, 0.15) is 53.4 Å². The summed E-state index contributed by atoms with van der Waals surface area (Å²) in [6.45, 7) is 10.0. The summed E-state index contributed by atoms with van der Waals surface area (Å²) in [5.41, 5.74) is -0.0918. The van der Waals surface area contributed by atoms with Crippen LogP contribution in [0.2, 0.25) is 0 Å². The Morgan fingerprint density at radius 1 is 1.28 bits per heavy atom. The molecule has 0 aromatic rings. The topological polar surface area (TPSA) is 35.5 Å². The average Bonchev–Trinajstić information content (AvgIpc) is 3.13. The summed E-state index contributed by atoms with van der Waals surface area (Å²) in [5, 5.41) is 13.6. The minimum atomic E-state index is -0.0918. The molecule has 3 heteroatoms. The van der Waals surface area contributed by atoms with Gasteiger partial charge < -0.3 is 15.3 Å². The molecule has 0 heterocycles. The van der Waals surface area contributed by atoms with Crippen molar-refractivity contribution in [1.29, 1.82) is 0 Å². The number of nitrogens with one attached hydrogen (secondary N) is 1. The molecule has 0 aliphatic heterocycles. The van der Waals surface area contributed by atoms with Crippen molar-refractivity contribution in [2.45, 2.75) is 71.0 Å². The van der Waals surface area contributed by atoms with Gasteiger partial charge in [-0.3, -0.25) is 0 Å². The van der Waals surface area contributed by atoms with E-state index in [0.717, 1.165) is 6.54 Å². The molecule has 0 saturated heterocycles. The summed E-state index contributed by atoms with van der Waals surface area (Å²) in [6.07, 6.45) is 4.88. The van der Waals surface area contributed by atoms with Crippen LogP contribution in [-0.4, -0.2) is 47.8 Å². The molecule has 1 saturated carbocycles. The zero-order valence-electron chi connectivity index (χ0n) is 12.9. The van der Waals surface area contributed by atoms with Crippen LogP contribution in [-0.2, 0) is 0 Å². The van der Waals surface area contributed by atoms with E-state index in [2.05, 4.69) is 45.0 Å². The van der Waals surface area contributed by atoms with E-state index in [-0.39, 0.29) is 12.1 Å². The number of hydrogen-bond acceptors (Lipinski definition) is 3. The summed E-state index contributed by atoms with van der Waals surface area (Å²) in [4.78, 5) is 2.43. The van der Waals surface area contributed by atoms with Crippen LogP contribution in [0.4, 0.5) is 0 Å². The lowest BCUT2D eigenvalue weighted by Crippen LogP contribution is -2.60. The molecule has 1 unspecified atom stereocenters. The standard InChI is InChI=1S/C15H32N2O/c1-6-14(7-2)17(5)10-15(11-18,13-8-9-13)16-12(3)4/h12-14,16,18H,6-11H2,1-5H3. The molecule has 0 aromatic carbocycles. The maximum absolute atomic E-state index is 9.92. The SMILES string of the molecule is CCC(CC)N(C)CC(CO)(NC(C)C)C1CC1. The molecule has 0 spiro atoms. The molecule has 1 aliphatic rings. The Kier molecular flexibility index (Phi) is 6.09. The van der Waals surface area contributed by atoms with Crippen LogP contribution in [0.3, 0.4) is 0 Å². The second-order valence-corrected chi connectivity index (χ2v) is 6.27. The second kappa shape index (κ2) is 6.88. The highest BCUT2D eigenvalue weighted by molar-refractivity contribution is 5.03. The first-order valence-electron chi connectivity index (χ1n) is 7.57. The molecule has 1 rings (SSSR count). The first kappa shape index (κ1) is 15.9. The Bertz CT molecular complexity index is 237. The molecule has 2 N–H and O–H groups in total. The van der Waals surface area contributed by atoms with Gasteiger partial charge in [-0.2, -0.15) is 0 Å². The van der Waals surface area contributed by atoms with Gasteiger partial charge in [0.15, 0.2) is 0 Å². The predicted octanol–water partition coefficient (Wildman–Crippen LogP) is 2.25. The smallest absolute Gasteiger partial charge is 0.0628 e. The number of likely N-dealkylation sites (N-methyl/N-ethyl adjacent to an activating group) is 1. The molecule has 18 heavy (non-hydrogen) atoms. The van der Waals surface area contributed by atoms with E-state index < -0.39 is 0 Å². The molecule has 0 amide bonds. The van der Waals surface area contributed by atoms with Gasteiger partial charge in [0.05, 0.1) is 12.1 Å². The Hall–Kier alpha value is -0.120. The van der Waals surface area contributed by atoms with Gasteiger partial charge in [-0.05, 0) is 38.6 Å². The zero-order valence-corrected chi connectivity index (χ0v) is 12.9. The minimum absolute atomic E-state index is 0.0918. The van der Waals surface area contributed by atoms with Crippen molar-refractivity contribution in [2.75, 3.05) is 20.2 Å². The van der Waals surface area contributed by atoms with Crippen LogP contribution >= 0.6 is 0 Å². The first-order chi connectivity index (χ1) is 8.49. The molecule has 1 aliphatic carbocycles. The monoisotopic (exact) mass is 256 g/mol. The van der Waals surface area contributed by atoms with Gasteiger partial charge in [-0.15, -0.1) is 0 Å². The van der Waals surface area contributed by atoms with Gasteiger partial charge in [-0.1, -0.05) is 27.7 Å². The van der Waals surface area contributed by atoms with E-state index in [4.69, 9.17) is 0 Å². The fourth-order valence-electron chi connectivity index (χ4n) is 3.21. The highest BCUT2D eigenvalue weighted by Crippen LogP contribution is 2.40. The van der Waals surface area contributed by atoms with Gasteiger partial charge in [0.2, 0.25) is 0 Å². The molecule has 108 valence electrons. The van der Waals surface area contributed by atoms with Crippen molar-refractivity contribution in [3.05, 3.63) is 0 Å². The fraction of sp³-hybridized carbons (Fsp3) is 1.00. The molecule has 0 bridgehead atoms. The van der Waals surface area contributed by atoms with Crippen molar-refractivity contribution in [3.8, 4) is 0 Å². The number of aliphatic hydroxyl groups excluding tert-OH is 1. The molecule has 1 fully saturated rings. The third kappa shape index (κ3) is 3.94. The first-order valence-corrected chi connectivity index (χ1v) is 7.57. The average molecular weight is 256 g/mol. The Balaban J connectivity index is 2.71. The van der Waals surface area contributed by atoms with Crippen LogP contribution in [0.15, 0.2) is 0 Å². The number of rotatable bonds is 9. The van der Waals surface area contributed by atoms with Gasteiger partial charge in [0.25, 0.3) is 0 Å². The number of nitrogens with zero attached hydrogens (tertiary/aromatic N) is 1. The van der Waals surface area contributed by atoms with Crippen LogP contribution < -0.4 is 5.32 Å². The lowest BCUT2D eigenvalue weighted by molar-refractivity contribution is 0.0752. The predicted molar refractivity (Wildman–Crippen MR) is 77.8 cm³/mol. The third-order valence-electron chi connectivity index (χ3n) is 4.31. The summed E-state index contributed by atoms with van der Waals surface area (Å²) in [5.74, 6) is 0.654. The van der Waals surface area contributed by atoms with E-state index in [1.54, 1.807) is 0 Å². The van der Waals surface area contributed by atoms with Gasteiger partial charge in [0, 0.05) is 18.6 Å². The summed E-state index contributed by atoms with van der Waals surface area (Å²) >= 11 is 0. The largest absolute Gasteiger partial charge is 0.394 e. The van der Waals surface area contributed by atoms with Crippen molar-refractivity contribution in [3.63, 3.8) is 0 Å². The van der Waals surface area contributed by atoms with E-state index >= 15 is 0 Å². The maximum Gasteiger partial charge on any atom is 0.0628 e. The van der Waals surface area contributed by atoms with Crippen molar-refractivity contribution < 1.29 is 5.11 Å². The molecular formula is C15H32N2O. The van der Waals surface area contributed by atoms with E-state index in [0.29, 0.717) is 18.0 Å². The Morgan fingerprint density at radius 2 is 1.83 bits per heavy atom.